The second kappa shape index (κ2) is 5.76. The van der Waals surface area contributed by atoms with Gasteiger partial charge in [0.1, 0.15) is 11.8 Å². The lowest BCUT2D eigenvalue weighted by Crippen LogP contribution is -2.35. The lowest BCUT2D eigenvalue weighted by Gasteiger charge is -2.21. The predicted molar refractivity (Wildman–Crippen MR) is 70.0 cm³/mol. The summed E-state index contributed by atoms with van der Waals surface area (Å²) >= 11 is 0. The molecule has 2 N–H and O–H groups in total. The minimum absolute atomic E-state index is 0.230. The fraction of sp³-hybridized carbons (Fsp3) is 0.500. The first-order chi connectivity index (χ1) is 8.70. The molecule has 0 unspecified atom stereocenters. The van der Waals surface area contributed by atoms with Gasteiger partial charge in [0.25, 0.3) is 0 Å². The Hall–Kier alpha value is -1.71. The molecule has 0 radical (unpaired) electrons. The minimum atomic E-state index is -0.773. The molecule has 2 rings (SSSR count). The summed E-state index contributed by atoms with van der Waals surface area (Å²) in [4.78, 5) is 11.4. The maximum absolute atomic E-state index is 11.4. The van der Waals surface area contributed by atoms with Crippen LogP contribution in [0.4, 0.5) is 5.69 Å². The molecule has 18 heavy (non-hydrogen) atoms. The molecule has 1 aliphatic rings. The summed E-state index contributed by atoms with van der Waals surface area (Å²) in [6.07, 6.45) is 4.25. The van der Waals surface area contributed by atoms with E-state index in [-0.39, 0.29) is 5.92 Å². The quantitative estimate of drug-likeness (QED) is 0.842. The van der Waals surface area contributed by atoms with Crippen molar-refractivity contribution in [3.8, 4) is 5.75 Å². The topological polar surface area (TPSA) is 58.6 Å². The van der Waals surface area contributed by atoms with Gasteiger partial charge in [-0.25, -0.2) is 4.79 Å². The third-order valence-electron chi connectivity index (χ3n) is 3.53. The zero-order valence-corrected chi connectivity index (χ0v) is 10.6. The van der Waals surface area contributed by atoms with Crippen molar-refractivity contribution >= 4 is 11.7 Å². The number of carbonyl (C=O) groups is 1. The Labute approximate surface area is 107 Å². The molecule has 1 aliphatic carbocycles. The third kappa shape index (κ3) is 2.94. The first kappa shape index (κ1) is 12.7. The van der Waals surface area contributed by atoms with Crippen LogP contribution in [0.5, 0.6) is 5.75 Å². The van der Waals surface area contributed by atoms with Crippen LogP contribution in [0.3, 0.4) is 0 Å². The van der Waals surface area contributed by atoms with Gasteiger partial charge in [-0.3, -0.25) is 0 Å². The molecule has 0 bridgehead atoms. The highest BCUT2D eigenvalue weighted by molar-refractivity contribution is 5.78. The fourth-order valence-corrected chi connectivity index (χ4v) is 2.56. The summed E-state index contributed by atoms with van der Waals surface area (Å²) in [5.41, 5.74) is 0.800. The van der Waals surface area contributed by atoms with Crippen molar-refractivity contribution in [3.63, 3.8) is 0 Å². The second-order valence-electron chi connectivity index (χ2n) is 4.74. The van der Waals surface area contributed by atoms with Gasteiger partial charge in [0.15, 0.2) is 0 Å². The number of carboxylic acid groups (broad SMARTS) is 1. The van der Waals surface area contributed by atoms with E-state index < -0.39 is 12.0 Å². The number of rotatable bonds is 5. The van der Waals surface area contributed by atoms with E-state index in [0.717, 1.165) is 37.1 Å². The van der Waals surface area contributed by atoms with Crippen molar-refractivity contribution in [2.75, 3.05) is 12.4 Å². The molecule has 0 aliphatic heterocycles. The SMILES string of the molecule is COc1cccc(N[C@@H](C(=O)O)C2CCCC2)c1. The van der Waals surface area contributed by atoms with E-state index in [1.807, 2.05) is 24.3 Å². The summed E-state index contributed by atoms with van der Waals surface area (Å²) in [7, 11) is 1.60. The van der Waals surface area contributed by atoms with Crippen molar-refractivity contribution in [1.82, 2.24) is 0 Å². The van der Waals surface area contributed by atoms with Crippen LogP contribution in [0.25, 0.3) is 0 Å². The second-order valence-corrected chi connectivity index (χ2v) is 4.74. The molecule has 4 heteroatoms. The molecule has 1 aromatic rings. The average molecular weight is 249 g/mol. The summed E-state index contributed by atoms with van der Waals surface area (Å²) in [5, 5.41) is 12.4. The van der Waals surface area contributed by atoms with Gasteiger partial charge in [0.2, 0.25) is 0 Å². The minimum Gasteiger partial charge on any atom is -0.497 e. The van der Waals surface area contributed by atoms with Gasteiger partial charge < -0.3 is 15.2 Å². The van der Waals surface area contributed by atoms with E-state index in [0.29, 0.717) is 0 Å². The van der Waals surface area contributed by atoms with Gasteiger partial charge in [-0.1, -0.05) is 18.9 Å². The molecule has 0 heterocycles. The largest absolute Gasteiger partial charge is 0.497 e. The Morgan fingerprint density at radius 1 is 1.44 bits per heavy atom. The van der Waals surface area contributed by atoms with Gasteiger partial charge in [-0.05, 0) is 30.9 Å². The molecular formula is C14H19NO3. The number of nitrogens with one attached hydrogen (secondary N) is 1. The molecular weight excluding hydrogens is 230 g/mol. The number of anilines is 1. The summed E-state index contributed by atoms with van der Waals surface area (Å²) < 4.78 is 5.13. The molecule has 1 aromatic carbocycles. The molecule has 1 fully saturated rings. The van der Waals surface area contributed by atoms with E-state index in [2.05, 4.69) is 5.32 Å². The number of methoxy groups -OCH3 is 1. The first-order valence-electron chi connectivity index (χ1n) is 6.34. The van der Waals surface area contributed by atoms with Crippen molar-refractivity contribution < 1.29 is 14.6 Å². The molecule has 0 spiro atoms. The van der Waals surface area contributed by atoms with Crippen LogP contribution in [-0.2, 0) is 4.79 Å². The Bertz CT molecular complexity index is 413. The number of hydrogen-bond acceptors (Lipinski definition) is 3. The maximum Gasteiger partial charge on any atom is 0.326 e. The molecule has 4 nitrogen and oxygen atoms in total. The van der Waals surface area contributed by atoms with Crippen LogP contribution in [0.15, 0.2) is 24.3 Å². The van der Waals surface area contributed by atoms with Crippen LogP contribution in [0, 0.1) is 5.92 Å². The summed E-state index contributed by atoms with van der Waals surface area (Å²) in [5.74, 6) is 0.189. The Balaban J connectivity index is 2.10. The van der Waals surface area contributed by atoms with Crippen LogP contribution in [0.2, 0.25) is 0 Å². The van der Waals surface area contributed by atoms with Gasteiger partial charge in [-0.2, -0.15) is 0 Å². The monoisotopic (exact) mass is 249 g/mol. The van der Waals surface area contributed by atoms with E-state index in [1.54, 1.807) is 7.11 Å². The summed E-state index contributed by atoms with van der Waals surface area (Å²) in [6.45, 7) is 0. The smallest absolute Gasteiger partial charge is 0.326 e. The lowest BCUT2D eigenvalue weighted by molar-refractivity contribution is -0.139. The standard InChI is InChI=1S/C14H19NO3/c1-18-12-8-4-7-11(9-12)15-13(14(16)17)10-5-2-3-6-10/h4,7-10,13,15H,2-3,5-6H2,1H3,(H,16,17)/t13-/m1/s1. The van der Waals surface area contributed by atoms with Gasteiger partial charge in [0, 0.05) is 11.8 Å². The number of aliphatic carboxylic acids is 1. The molecule has 1 atom stereocenters. The summed E-state index contributed by atoms with van der Waals surface area (Å²) in [6, 6.07) is 6.89. The first-order valence-corrected chi connectivity index (χ1v) is 6.34. The molecule has 0 saturated heterocycles. The van der Waals surface area contributed by atoms with Crippen LogP contribution < -0.4 is 10.1 Å². The number of benzene rings is 1. The Morgan fingerprint density at radius 3 is 2.78 bits per heavy atom. The molecule has 0 amide bonds. The zero-order chi connectivity index (χ0) is 13.0. The predicted octanol–water partition coefficient (Wildman–Crippen LogP) is 2.75. The van der Waals surface area contributed by atoms with E-state index in [4.69, 9.17) is 4.74 Å². The highest BCUT2D eigenvalue weighted by Gasteiger charge is 2.30. The van der Waals surface area contributed by atoms with Crippen molar-refractivity contribution in [2.24, 2.45) is 5.92 Å². The highest BCUT2D eigenvalue weighted by atomic mass is 16.5. The third-order valence-corrected chi connectivity index (χ3v) is 3.53. The van der Waals surface area contributed by atoms with Crippen molar-refractivity contribution in [1.29, 1.82) is 0 Å². The number of carboxylic acids is 1. The lowest BCUT2D eigenvalue weighted by atomic mass is 9.98. The van der Waals surface area contributed by atoms with E-state index >= 15 is 0 Å². The van der Waals surface area contributed by atoms with Gasteiger partial charge >= 0.3 is 5.97 Å². The zero-order valence-electron chi connectivity index (χ0n) is 10.6. The Kier molecular flexibility index (Phi) is 4.07. The van der Waals surface area contributed by atoms with Crippen LogP contribution >= 0.6 is 0 Å². The normalized spacial score (nSPS) is 17.4. The number of hydrogen-bond donors (Lipinski definition) is 2. The number of ether oxygens (including phenoxy) is 1. The molecule has 1 saturated carbocycles. The molecule has 0 aromatic heterocycles. The van der Waals surface area contributed by atoms with Crippen LogP contribution in [0.1, 0.15) is 25.7 Å². The molecule has 98 valence electrons. The average Bonchev–Trinajstić information content (AvgIpc) is 2.89. The maximum atomic E-state index is 11.4. The van der Waals surface area contributed by atoms with Gasteiger partial charge in [0.05, 0.1) is 7.11 Å². The van der Waals surface area contributed by atoms with E-state index in [9.17, 15) is 9.90 Å². The van der Waals surface area contributed by atoms with Crippen LogP contribution in [-0.4, -0.2) is 24.2 Å². The highest BCUT2D eigenvalue weighted by Crippen LogP contribution is 2.30. The van der Waals surface area contributed by atoms with Crippen molar-refractivity contribution in [3.05, 3.63) is 24.3 Å². The van der Waals surface area contributed by atoms with Gasteiger partial charge in [-0.15, -0.1) is 0 Å². The van der Waals surface area contributed by atoms with E-state index in [1.165, 1.54) is 0 Å². The van der Waals surface area contributed by atoms with Crippen molar-refractivity contribution in [2.45, 2.75) is 31.7 Å². The fourth-order valence-electron chi connectivity index (χ4n) is 2.56. The Morgan fingerprint density at radius 2 is 2.17 bits per heavy atom.